The van der Waals surface area contributed by atoms with E-state index in [9.17, 15) is 22.4 Å². The van der Waals surface area contributed by atoms with E-state index >= 15 is 4.39 Å². The molecule has 2 aromatic rings. The van der Waals surface area contributed by atoms with Crippen LogP contribution >= 0.6 is 0 Å². The highest BCUT2D eigenvalue weighted by atomic mass is 28.2. The Bertz CT molecular complexity index is 936. The Balaban J connectivity index is 2.83. The Hall–Kier alpha value is -2.26. The molecule has 0 aromatic heterocycles. The quantitative estimate of drug-likeness (QED) is 0.382. The summed E-state index contributed by atoms with van der Waals surface area (Å²) in [6.45, 7) is 6.67. The predicted molar refractivity (Wildman–Crippen MR) is 105 cm³/mol. The Kier molecular flexibility index (Phi) is 7.41. The van der Waals surface area contributed by atoms with Gasteiger partial charge in [0.1, 0.15) is 21.3 Å². The lowest BCUT2D eigenvalue weighted by molar-refractivity contribution is -0.143. The van der Waals surface area contributed by atoms with Crippen molar-refractivity contribution < 1.29 is 31.5 Å². The van der Waals surface area contributed by atoms with Crippen LogP contribution < -0.4 is 5.40 Å². The summed E-state index contributed by atoms with van der Waals surface area (Å²) in [5.41, 5.74) is -1.88. The van der Waals surface area contributed by atoms with Gasteiger partial charge in [0.25, 0.3) is 0 Å². The van der Waals surface area contributed by atoms with Gasteiger partial charge in [0.15, 0.2) is 0 Å². The summed E-state index contributed by atoms with van der Waals surface area (Å²) in [5, 5.41) is 5.62. The number of hydrogen-bond acceptors (Lipinski definition) is 3. The molecule has 2 rings (SSSR count). The molecular formula is C21H22F5NO2Si. The maximum atomic E-state index is 15.5. The van der Waals surface area contributed by atoms with Crippen LogP contribution in [0.5, 0.6) is 0 Å². The van der Waals surface area contributed by atoms with Gasteiger partial charge in [-0.05, 0) is 50.5 Å². The van der Waals surface area contributed by atoms with Crippen LogP contribution in [-0.4, -0.2) is 22.3 Å². The molecule has 0 unspecified atom stereocenters. The SMILES string of the molecule is CCOC(=O)C[C@H]([Si]N)c1c(F)c(-c2c(C)cc(C)cc2C)cc(C(F)(F)F)c1F. The topological polar surface area (TPSA) is 52.3 Å². The lowest BCUT2D eigenvalue weighted by Crippen LogP contribution is -2.25. The van der Waals surface area contributed by atoms with Gasteiger partial charge < -0.3 is 10.1 Å². The molecule has 0 saturated carbocycles. The molecule has 2 radical (unpaired) electrons. The Morgan fingerprint density at radius 3 is 2.13 bits per heavy atom. The highest BCUT2D eigenvalue weighted by Crippen LogP contribution is 2.42. The van der Waals surface area contributed by atoms with Crippen molar-refractivity contribution in [1.82, 2.24) is 0 Å². The summed E-state index contributed by atoms with van der Waals surface area (Å²) in [4.78, 5) is 11.9. The van der Waals surface area contributed by atoms with E-state index < -0.39 is 56.6 Å². The Labute approximate surface area is 174 Å². The third kappa shape index (κ3) is 4.89. The van der Waals surface area contributed by atoms with Crippen molar-refractivity contribution in [3.8, 4) is 11.1 Å². The van der Waals surface area contributed by atoms with Gasteiger partial charge in [-0.25, -0.2) is 8.78 Å². The monoisotopic (exact) mass is 443 g/mol. The fourth-order valence-corrected chi connectivity index (χ4v) is 4.29. The maximum Gasteiger partial charge on any atom is 0.419 e. The summed E-state index contributed by atoms with van der Waals surface area (Å²) in [7, 11) is -0.706. The second-order valence-corrected chi connectivity index (χ2v) is 8.04. The third-order valence-corrected chi connectivity index (χ3v) is 5.61. The molecule has 0 saturated heterocycles. The normalized spacial score (nSPS) is 12.7. The van der Waals surface area contributed by atoms with Crippen LogP contribution in [0.3, 0.4) is 0 Å². The van der Waals surface area contributed by atoms with E-state index in [1.807, 2.05) is 6.92 Å². The van der Waals surface area contributed by atoms with Crippen molar-refractivity contribution in [3.63, 3.8) is 0 Å². The van der Waals surface area contributed by atoms with Gasteiger partial charge in [-0.3, -0.25) is 4.79 Å². The minimum absolute atomic E-state index is 0.0276. The number of halogens is 5. The van der Waals surface area contributed by atoms with Crippen LogP contribution in [0.4, 0.5) is 22.0 Å². The van der Waals surface area contributed by atoms with Crippen LogP contribution in [0.2, 0.25) is 0 Å². The van der Waals surface area contributed by atoms with E-state index in [4.69, 9.17) is 10.1 Å². The zero-order valence-corrected chi connectivity index (χ0v) is 18.0. The standard InChI is InChI=1S/C21H22F5NO2Si/c1-5-29-16(28)9-15(30-27)18-19(22)13(8-14(20(18)23)21(24,25)26)17-11(3)6-10(2)7-12(17)4/h6-8,15H,5,9,27H2,1-4H3/t15-/m0/s1. The number of hydrogen-bond donors (Lipinski definition) is 1. The van der Waals surface area contributed by atoms with E-state index in [0.717, 1.165) is 5.56 Å². The smallest absolute Gasteiger partial charge is 0.419 e. The van der Waals surface area contributed by atoms with Crippen molar-refractivity contribution in [2.45, 2.75) is 45.8 Å². The van der Waals surface area contributed by atoms with E-state index in [0.29, 0.717) is 17.2 Å². The Morgan fingerprint density at radius 2 is 1.67 bits per heavy atom. The average Bonchev–Trinajstić information content (AvgIpc) is 2.60. The summed E-state index contributed by atoms with van der Waals surface area (Å²) in [6.07, 6.45) is -5.58. The minimum Gasteiger partial charge on any atom is -0.466 e. The minimum atomic E-state index is -5.06. The van der Waals surface area contributed by atoms with Gasteiger partial charge in [-0.2, -0.15) is 13.2 Å². The number of esters is 1. The molecule has 0 bridgehead atoms. The molecule has 0 aliphatic heterocycles. The van der Waals surface area contributed by atoms with Crippen molar-refractivity contribution in [2.24, 2.45) is 5.40 Å². The van der Waals surface area contributed by atoms with Crippen LogP contribution in [-0.2, 0) is 15.7 Å². The van der Waals surface area contributed by atoms with Gasteiger partial charge in [0.05, 0.1) is 18.6 Å². The maximum absolute atomic E-state index is 15.5. The summed E-state index contributed by atoms with van der Waals surface area (Å²) < 4.78 is 76.0. The number of alkyl halides is 3. The molecule has 30 heavy (non-hydrogen) atoms. The number of ether oxygens (including phenoxy) is 1. The predicted octanol–water partition coefficient (Wildman–Crippen LogP) is 5.15. The molecule has 0 spiro atoms. The molecular weight excluding hydrogens is 421 g/mol. The zero-order valence-electron chi connectivity index (χ0n) is 17.0. The number of carbonyl (C=O) groups excluding carboxylic acids is 1. The molecule has 162 valence electrons. The van der Waals surface area contributed by atoms with E-state index in [1.54, 1.807) is 32.9 Å². The van der Waals surface area contributed by atoms with Crippen LogP contribution in [0.15, 0.2) is 18.2 Å². The fourth-order valence-electron chi connectivity index (χ4n) is 3.59. The van der Waals surface area contributed by atoms with Gasteiger partial charge in [-0.15, -0.1) is 0 Å². The molecule has 0 heterocycles. The first-order chi connectivity index (χ1) is 13.9. The first kappa shape index (κ1) is 24.0. The first-order valence-electron chi connectivity index (χ1n) is 9.21. The number of nitrogens with two attached hydrogens (primary N) is 1. The lowest BCUT2D eigenvalue weighted by Gasteiger charge is -2.22. The second kappa shape index (κ2) is 9.26. The molecule has 0 aliphatic carbocycles. The van der Waals surface area contributed by atoms with Gasteiger partial charge in [0, 0.05) is 16.7 Å². The highest BCUT2D eigenvalue weighted by Gasteiger charge is 2.39. The largest absolute Gasteiger partial charge is 0.466 e. The number of rotatable bonds is 6. The number of aryl methyl sites for hydroxylation is 3. The lowest BCUT2D eigenvalue weighted by atomic mass is 9.89. The van der Waals surface area contributed by atoms with E-state index in [-0.39, 0.29) is 17.7 Å². The third-order valence-electron chi connectivity index (χ3n) is 4.71. The van der Waals surface area contributed by atoms with Gasteiger partial charge >= 0.3 is 12.1 Å². The van der Waals surface area contributed by atoms with E-state index in [2.05, 4.69) is 0 Å². The van der Waals surface area contributed by atoms with Crippen molar-refractivity contribution in [2.75, 3.05) is 6.61 Å². The second-order valence-electron chi connectivity index (χ2n) is 7.01. The number of carbonyl (C=O) groups is 1. The average molecular weight is 443 g/mol. The zero-order chi connectivity index (χ0) is 22.8. The summed E-state index contributed by atoms with van der Waals surface area (Å²) in [6, 6.07) is 3.90. The molecule has 1 atom stereocenters. The van der Waals surface area contributed by atoms with Crippen molar-refractivity contribution >= 4 is 15.7 Å². The first-order valence-corrected chi connectivity index (χ1v) is 10.4. The van der Waals surface area contributed by atoms with Crippen LogP contribution in [0.1, 0.15) is 46.7 Å². The van der Waals surface area contributed by atoms with Crippen LogP contribution in [0.25, 0.3) is 11.1 Å². The Morgan fingerprint density at radius 1 is 1.10 bits per heavy atom. The van der Waals surface area contributed by atoms with E-state index in [1.165, 1.54) is 0 Å². The van der Waals surface area contributed by atoms with Gasteiger partial charge in [0.2, 0.25) is 0 Å². The molecule has 2 N–H and O–H groups in total. The molecule has 9 heteroatoms. The van der Waals surface area contributed by atoms with Crippen LogP contribution in [0, 0.1) is 32.4 Å². The fraction of sp³-hybridized carbons (Fsp3) is 0.381. The number of benzene rings is 2. The molecule has 0 fully saturated rings. The highest BCUT2D eigenvalue weighted by molar-refractivity contribution is 6.34. The molecule has 0 aliphatic rings. The molecule has 2 aromatic carbocycles. The summed E-state index contributed by atoms with van der Waals surface area (Å²) >= 11 is 0. The van der Waals surface area contributed by atoms with Crippen molar-refractivity contribution in [3.05, 3.63) is 57.7 Å². The van der Waals surface area contributed by atoms with Crippen molar-refractivity contribution in [1.29, 1.82) is 0 Å². The molecule has 0 amide bonds. The molecule has 3 nitrogen and oxygen atoms in total. The van der Waals surface area contributed by atoms with Gasteiger partial charge in [-0.1, -0.05) is 17.7 Å². The summed E-state index contributed by atoms with van der Waals surface area (Å²) in [5.74, 6) is -3.69.